The van der Waals surface area contributed by atoms with E-state index in [4.69, 9.17) is 5.26 Å². The van der Waals surface area contributed by atoms with Crippen LogP contribution in [0.3, 0.4) is 0 Å². The molecule has 1 rings (SSSR count). The quantitative estimate of drug-likeness (QED) is 0.666. The minimum Gasteiger partial charge on any atom is -0.356 e. The fourth-order valence-electron chi connectivity index (χ4n) is 2.58. The van der Waals surface area contributed by atoms with Crippen LogP contribution in [0.25, 0.3) is 0 Å². The Morgan fingerprint density at radius 1 is 1.05 bits per heavy atom. The molecule has 0 saturated heterocycles. The van der Waals surface area contributed by atoms with Crippen LogP contribution >= 0.6 is 0 Å². The number of nitriles is 1. The normalized spacial score (nSPS) is 15.3. The van der Waals surface area contributed by atoms with E-state index in [1.807, 2.05) is 0 Å². The number of nitrogens with one attached hydrogen (secondary N) is 2. The van der Waals surface area contributed by atoms with Gasteiger partial charge in [0.1, 0.15) is 6.42 Å². The first-order chi connectivity index (χ1) is 9.72. The van der Waals surface area contributed by atoms with E-state index < -0.39 is 0 Å². The fraction of sp³-hybridized carbons (Fsp3) is 0.800. The van der Waals surface area contributed by atoms with Crippen LogP contribution in [-0.4, -0.2) is 24.9 Å². The van der Waals surface area contributed by atoms with Crippen LogP contribution in [-0.2, 0) is 9.59 Å². The van der Waals surface area contributed by atoms with Gasteiger partial charge in [0.15, 0.2) is 0 Å². The van der Waals surface area contributed by atoms with E-state index in [9.17, 15) is 9.59 Å². The maximum absolute atomic E-state index is 11.6. The molecular weight excluding hydrogens is 254 g/mol. The van der Waals surface area contributed by atoms with Crippen molar-refractivity contribution in [3.05, 3.63) is 0 Å². The molecule has 20 heavy (non-hydrogen) atoms. The van der Waals surface area contributed by atoms with Gasteiger partial charge >= 0.3 is 0 Å². The molecule has 0 atom stereocenters. The van der Waals surface area contributed by atoms with Crippen molar-refractivity contribution in [1.82, 2.24) is 10.6 Å². The van der Waals surface area contributed by atoms with Crippen molar-refractivity contribution in [2.24, 2.45) is 5.92 Å². The molecular formula is C15H25N3O2. The molecule has 1 fully saturated rings. The first-order valence-corrected chi connectivity index (χ1v) is 7.62. The van der Waals surface area contributed by atoms with E-state index >= 15 is 0 Å². The largest absolute Gasteiger partial charge is 0.356 e. The third-order valence-corrected chi connectivity index (χ3v) is 3.74. The highest BCUT2D eigenvalue weighted by Gasteiger charge is 2.14. The smallest absolute Gasteiger partial charge is 0.234 e. The van der Waals surface area contributed by atoms with Crippen LogP contribution < -0.4 is 10.6 Å². The highest BCUT2D eigenvalue weighted by atomic mass is 16.2. The predicted octanol–water partition coefficient (Wildman–Crippen LogP) is 1.88. The van der Waals surface area contributed by atoms with Crippen LogP contribution in [0.5, 0.6) is 0 Å². The number of hydrogen-bond acceptors (Lipinski definition) is 3. The Morgan fingerprint density at radius 3 is 2.35 bits per heavy atom. The molecule has 0 unspecified atom stereocenters. The Kier molecular flexibility index (Phi) is 8.44. The topological polar surface area (TPSA) is 82.0 Å². The third kappa shape index (κ3) is 7.78. The average Bonchev–Trinajstić information content (AvgIpc) is 2.46. The van der Waals surface area contributed by atoms with Crippen LogP contribution in [0.15, 0.2) is 0 Å². The van der Waals surface area contributed by atoms with Gasteiger partial charge in [0.25, 0.3) is 0 Å². The molecule has 0 aromatic heterocycles. The molecule has 1 aliphatic carbocycles. The van der Waals surface area contributed by atoms with E-state index in [2.05, 4.69) is 10.6 Å². The monoisotopic (exact) mass is 279 g/mol. The molecule has 0 aromatic carbocycles. The number of carbonyl (C=O) groups is 2. The number of amides is 2. The number of carbonyl (C=O) groups excluding carboxylic acids is 2. The van der Waals surface area contributed by atoms with Crippen molar-refractivity contribution >= 4 is 11.8 Å². The van der Waals surface area contributed by atoms with Gasteiger partial charge in [-0.15, -0.1) is 0 Å². The van der Waals surface area contributed by atoms with E-state index in [0.717, 1.165) is 12.3 Å². The molecule has 0 aliphatic heterocycles. The zero-order valence-corrected chi connectivity index (χ0v) is 12.1. The summed E-state index contributed by atoms with van der Waals surface area (Å²) in [6.07, 6.45) is 8.75. The average molecular weight is 279 g/mol. The van der Waals surface area contributed by atoms with Gasteiger partial charge in [0.05, 0.1) is 6.07 Å². The van der Waals surface area contributed by atoms with Crippen molar-refractivity contribution in [2.45, 2.75) is 57.8 Å². The van der Waals surface area contributed by atoms with Gasteiger partial charge in [-0.3, -0.25) is 9.59 Å². The summed E-state index contributed by atoms with van der Waals surface area (Å²) in [5.74, 6) is 0.592. The molecule has 1 saturated carbocycles. The number of hydrogen-bond donors (Lipinski definition) is 2. The Morgan fingerprint density at radius 2 is 1.70 bits per heavy atom. The summed E-state index contributed by atoms with van der Waals surface area (Å²) >= 11 is 0. The van der Waals surface area contributed by atoms with Crippen molar-refractivity contribution in [3.8, 4) is 6.07 Å². The maximum atomic E-state index is 11.6. The van der Waals surface area contributed by atoms with Crippen molar-refractivity contribution in [3.63, 3.8) is 0 Å². The fourth-order valence-corrected chi connectivity index (χ4v) is 2.58. The Bertz CT molecular complexity index is 344. The SMILES string of the molecule is N#CCC(=O)NCCCNC(=O)CCC1CCCCC1. The van der Waals surface area contributed by atoms with E-state index in [-0.39, 0.29) is 18.2 Å². The number of rotatable bonds is 8. The minimum atomic E-state index is -0.254. The lowest BCUT2D eigenvalue weighted by atomic mass is 9.86. The molecule has 0 heterocycles. The van der Waals surface area contributed by atoms with Gasteiger partial charge in [-0.1, -0.05) is 32.1 Å². The molecule has 0 radical (unpaired) electrons. The van der Waals surface area contributed by atoms with Crippen molar-refractivity contribution < 1.29 is 9.59 Å². The summed E-state index contributed by atoms with van der Waals surface area (Å²) < 4.78 is 0. The third-order valence-electron chi connectivity index (χ3n) is 3.74. The lowest BCUT2D eigenvalue weighted by Crippen LogP contribution is -2.29. The van der Waals surface area contributed by atoms with Crippen LogP contribution in [0.1, 0.15) is 57.8 Å². The van der Waals surface area contributed by atoms with Gasteiger partial charge in [-0.2, -0.15) is 5.26 Å². The maximum Gasteiger partial charge on any atom is 0.234 e. The zero-order valence-electron chi connectivity index (χ0n) is 12.1. The van der Waals surface area contributed by atoms with E-state index in [1.165, 1.54) is 32.1 Å². The highest BCUT2D eigenvalue weighted by Crippen LogP contribution is 2.27. The van der Waals surface area contributed by atoms with Crippen LogP contribution in [0.2, 0.25) is 0 Å². The standard InChI is InChI=1S/C15H25N3O2/c16-10-9-15(20)18-12-4-11-17-14(19)8-7-13-5-2-1-3-6-13/h13H,1-9,11-12H2,(H,17,19)(H,18,20). The molecule has 2 N–H and O–H groups in total. The molecule has 1 aliphatic rings. The van der Waals surface area contributed by atoms with Gasteiger partial charge in [-0.25, -0.2) is 0 Å². The summed E-state index contributed by atoms with van der Waals surface area (Å²) in [7, 11) is 0. The second-order valence-electron chi connectivity index (χ2n) is 5.43. The number of nitrogens with zero attached hydrogens (tertiary/aromatic N) is 1. The van der Waals surface area contributed by atoms with Gasteiger partial charge in [0, 0.05) is 19.5 Å². The van der Waals surface area contributed by atoms with E-state index in [0.29, 0.717) is 25.9 Å². The van der Waals surface area contributed by atoms with Crippen molar-refractivity contribution in [1.29, 1.82) is 5.26 Å². The summed E-state index contributed by atoms with van der Waals surface area (Å²) in [6, 6.07) is 1.79. The van der Waals surface area contributed by atoms with E-state index in [1.54, 1.807) is 6.07 Å². The summed E-state index contributed by atoms with van der Waals surface area (Å²) in [4.78, 5) is 22.6. The van der Waals surface area contributed by atoms with Crippen LogP contribution in [0.4, 0.5) is 0 Å². The molecule has 0 spiro atoms. The summed E-state index contributed by atoms with van der Waals surface area (Å²) in [5.41, 5.74) is 0. The Labute approximate surface area is 121 Å². The predicted molar refractivity (Wildman–Crippen MR) is 76.7 cm³/mol. The lowest BCUT2D eigenvalue weighted by Gasteiger charge is -2.20. The second-order valence-corrected chi connectivity index (χ2v) is 5.43. The van der Waals surface area contributed by atoms with Gasteiger partial charge in [0.2, 0.25) is 11.8 Å². The zero-order chi connectivity index (χ0) is 14.6. The first-order valence-electron chi connectivity index (χ1n) is 7.62. The summed E-state index contributed by atoms with van der Waals surface area (Å²) in [5, 5.41) is 13.8. The van der Waals surface area contributed by atoms with Gasteiger partial charge in [-0.05, 0) is 18.8 Å². The molecule has 5 nitrogen and oxygen atoms in total. The molecule has 5 heteroatoms. The van der Waals surface area contributed by atoms with Gasteiger partial charge < -0.3 is 10.6 Å². The minimum absolute atomic E-state index is 0.103. The summed E-state index contributed by atoms with van der Waals surface area (Å²) in [6.45, 7) is 1.08. The van der Waals surface area contributed by atoms with Crippen molar-refractivity contribution in [2.75, 3.05) is 13.1 Å². The highest BCUT2D eigenvalue weighted by molar-refractivity contribution is 5.78. The van der Waals surface area contributed by atoms with Crippen LogP contribution in [0, 0.1) is 17.2 Å². The molecule has 2 amide bonds. The Balaban J connectivity index is 1.94. The first kappa shape index (κ1) is 16.5. The Hall–Kier alpha value is -1.57. The molecule has 0 bridgehead atoms. The molecule has 112 valence electrons. The molecule has 0 aromatic rings. The second kappa shape index (κ2) is 10.2. The lowest BCUT2D eigenvalue weighted by molar-refractivity contribution is -0.121.